The summed E-state index contributed by atoms with van der Waals surface area (Å²) >= 11 is 0. The predicted molar refractivity (Wildman–Crippen MR) is 251 cm³/mol. The lowest BCUT2D eigenvalue weighted by molar-refractivity contribution is -0.136. The molecule has 2 aromatic heterocycles. The minimum Gasteiger partial charge on any atom is -0.508 e. The normalized spacial score (nSPS) is 24.1. The fourth-order valence-corrected chi connectivity index (χ4v) is 11.9. The molecule has 7 aliphatic rings. The number of benzene rings is 3. The number of ether oxygens (including phenoxy) is 1. The molecule has 69 heavy (non-hydrogen) atoms. The Morgan fingerprint density at radius 3 is 2.35 bits per heavy atom. The van der Waals surface area contributed by atoms with Crippen LogP contribution in [0.5, 0.6) is 11.8 Å². The number of rotatable bonds is 11. The molecule has 5 aromatic rings. The molecule has 6 aliphatic heterocycles. The van der Waals surface area contributed by atoms with Gasteiger partial charge in [0, 0.05) is 111 Å². The topological polar surface area (TPSA) is 160 Å². The summed E-state index contributed by atoms with van der Waals surface area (Å²) in [5.41, 5.74) is 2.21. The van der Waals surface area contributed by atoms with Gasteiger partial charge < -0.3 is 34.8 Å². The lowest BCUT2D eigenvalue weighted by Gasteiger charge is -2.40. The molecule has 5 saturated heterocycles. The second-order valence-corrected chi connectivity index (χ2v) is 20.5. The number of halogens is 3. The fourth-order valence-electron chi connectivity index (χ4n) is 11.9. The number of likely N-dealkylation sites (tertiary alicyclic amines) is 1. The average Bonchev–Trinajstić information content (AvgIpc) is 3.92. The first-order chi connectivity index (χ1) is 33.4. The largest absolute Gasteiger partial charge is 0.508 e. The Hall–Kier alpha value is -6.11. The summed E-state index contributed by atoms with van der Waals surface area (Å²) in [6, 6.07) is 10.8. The Morgan fingerprint density at radius 1 is 0.812 bits per heavy atom. The maximum Gasteiger partial charge on any atom is 0.319 e. The number of fused-ring (bicyclic) bond motifs is 5. The Kier molecular flexibility index (Phi) is 11.1. The number of pyridine rings is 1. The van der Waals surface area contributed by atoms with Gasteiger partial charge in [0.15, 0.2) is 17.5 Å². The molecule has 3 amide bonds. The quantitative estimate of drug-likeness (QED) is 0.146. The molecule has 3 N–H and O–H groups in total. The molecular formula is C51H55F3N10O5. The van der Waals surface area contributed by atoms with Gasteiger partial charge in [0.1, 0.15) is 28.8 Å². The van der Waals surface area contributed by atoms with E-state index in [9.17, 15) is 23.9 Å². The van der Waals surface area contributed by atoms with E-state index >= 15 is 8.78 Å². The van der Waals surface area contributed by atoms with Crippen LogP contribution in [0.2, 0.25) is 0 Å². The zero-order chi connectivity index (χ0) is 47.1. The van der Waals surface area contributed by atoms with Gasteiger partial charge in [-0.3, -0.25) is 29.6 Å². The monoisotopic (exact) mass is 944 g/mol. The maximum atomic E-state index is 17.0. The van der Waals surface area contributed by atoms with Crippen LogP contribution in [0.15, 0.2) is 48.7 Å². The fraction of sp³-hybridized carbons (Fsp3) is 0.490. The number of anilines is 2. The minimum absolute atomic E-state index is 0.0338. The van der Waals surface area contributed by atoms with Crippen LogP contribution < -0.4 is 25.2 Å². The Balaban J connectivity index is 0.678. The van der Waals surface area contributed by atoms with Gasteiger partial charge in [0.05, 0.1) is 12.0 Å². The molecule has 15 nitrogen and oxygen atoms in total. The van der Waals surface area contributed by atoms with Crippen molar-refractivity contribution in [1.82, 2.24) is 40.3 Å². The first-order valence-electron chi connectivity index (χ1n) is 24.5. The second kappa shape index (κ2) is 17.4. The molecule has 2 unspecified atom stereocenters. The molecule has 0 spiro atoms. The van der Waals surface area contributed by atoms with Crippen LogP contribution in [0.1, 0.15) is 67.3 Å². The van der Waals surface area contributed by atoms with Crippen molar-refractivity contribution >= 4 is 50.9 Å². The van der Waals surface area contributed by atoms with Gasteiger partial charge in [0.25, 0.3) is 5.91 Å². The van der Waals surface area contributed by atoms with Gasteiger partial charge in [-0.25, -0.2) is 13.2 Å². The first kappa shape index (κ1) is 44.1. The number of imide groups is 1. The van der Waals surface area contributed by atoms with Crippen LogP contribution in [0.25, 0.3) is 32.9 Å². The first-order valence-corrected chi connectivity index (χ1v) is 24.5. The highest BCUT2D eigenvalue weighted by molar-refractivity contribution is 6.05. The number of amides is 3. The summed E-state index contributed by atoms with van der Waals surface area (Å²) in [5, 5.41) is 17.0. The van der Waals surface area contributed by atoms with Gasteiger partial charge in [-0.15, -0.1) is 0 Å². The summed E-state index contributed by atoms with van der Waals surface area (Å²) in [5.74, 6) is -3.02. The Bertz CT molecular complexity index is 2890. The number of hydrogen-bond donors (Lipinski definition) is 3. The summed E-state index contributed by atoms with van der Waals surface area (Å²) in [6.07, 6.45) is 8.38. The number of hydrogen-bond acceptors (Lipinski definition) is 13. The predicted octanol–water partition coefficient (Wildman–Crippen LogP) is 5.36. The number of nitrogens with one attached hydrogen (secondary N) is 2. The lowest BCUT2D eigenvalue weighted by atomic mass is 9.94. The number of nitrogens with zero attached hydrogens (tertiary/aromatic N) is 8. The van der Waals surface area contributed by atoms with E-state index in [1.54, 1.807) is 4.90 Å². The van der Waals surface area contributed by atoms with Gasteiger partial charge in [-0.2, -0.15) is 9.97 Å². The van der Waals surface area contributed by atoms with Gasteiger partial charge in [0.2, 0.25) is 11.8 Å². The molecule has 2 bridgehead atoms. The van der Waals surface area contributed by atoms with E-state index in [0.717, 1.165) is 108 Å². The van der Waals surface area contributed by atoms with Gasteiger partial charge >= 0.3 is 6.01 Å². The molecule has 6 fully saturated rings. The molecule has 18 heteroatoms. The summed E-state index contributed by atoms with van der Waals surface area (Å²) in [6.45, 7) is 9.79. The van der Waals surface area contributed by atoms with Crippen LogP contribution in [-0.2, 0) is 16.1 Å². The molecule has 3 aromatic carbocycles. The summed E-state index contributed by atoms with van der Waals surface area (Å²) in [4.78, 5) is 62.7. The van der Waals surface area contributed by atoms with Crippen molar-refractivity contribution in [2.45, 2.75) is 76.0 Å². The van der Waals surface area contributed by atoms with E-state index in [0.29, 0.717) is 55.3 Å². The van der Waals surface area contributed by atoms with E-state index in [-0.39, 0.29) is 75.0 Å². The van der Waals surface area contributed by atoms with E-state index in [1.807, 2.05) is 12.1 Å². The van der Waals surface area contributed by atoms with Crippen molar-refractivity contribution in [2.24, 2.45) is 11.3 Å². The third-order valence-electron chi connectivity index (χ3n) is 15.9. The van der Waals surface area contributed by atoms with Crippen molar-refractivity contribution in [2.75, 3.05) is 81.9 Å². The number of carbonyl (C=O) groups excluding carboxylic acids is 3. The number of piperidine rings is 2. The SMILES string of the molecule is O=C1CC[C@H](N2Cc3cc(N4CCN(CC5CCN(CC6(COc7nc(N8CC9CCC(C8)N9)c8cnc(-c9cc(O)cc%10ccc(F)c(F)c9%10)c(F)c8n7)CC6)CC5)CC4)ccc3C2=O)C(=O)N1. The van der Waals surface area contributed by atoms with Crippen LogP contribution in [0.3, 0.4) is 0 Å². The number of piperazine rings is 2. The zero-order valence-electron chi connectivity index (χ0n) is 38.4. The molecule has 12 rings (SSSR count). The molecule has 0 radical (unpaired) electrons. The standard InChI is InChI=1S/C51H55F3N10O5/c52-39-6-1-30-20-35(65)21-37(42(30)43(39)53)45-44(54)46-38(22-55-45)47(63-25-32-2-3-33(26-63)56-32)59-50(58-46)69-28-51(11-12-51)27-61-13-9-29(10-14-61)23-60-15-17-62(18-16-60)34-4-5-36-31(19-34)24-64(49(36)68)40-7-8-41(66)57-48(40)67/h1,4-6,19-22,29,32-33,40,56,65H,2-3,7-18,23-28H2,(H,57,66,67)/t32?,33?,40-/m0/s1. The highest BCUT2D eigenvalue weighted by atomic mass is 19.2. The summed E-state index contributed by atoms with van der Waals surface area (Å²) < 4.78 is 53.3. The second-order valence-electron chi connectivity index (χ2n) is 20.5. The smallest absolute Gasteiger partial charge is 0.319 e. The number of aromatic hydroxyl groups is 1. The van der Waals surface area contributed by atoms with Crippen molar-refractivity contribution in [1.29, 1.82) is 0 Å². The lowest BCUT2D eigenvalue weighted by Crippen LogP contribution is -2.52. The molecular weight excluding hydrogens is 890 g/mol. The molecule has 3 atom stereocenters. The third-order valence-corrected chi connectivity index (χ3v) is 15.9. The Labute approximate surface area is 397 Å². The van der Waals surface area contributed by atoms with Crippen LogP contribution in [0, 0.1) is 28.8 Å². The molecule has 1 aliphatic carbocycles. The van der Waals surface area contributed by atoms with E-state index < -0.39 is 29.4 Å². The minimum atomic E-state index is -1.15. The zero-order valence-corrected chi connectivity index (χ0v) is 38.4. The van der Waals surface area contributed by atoms with Gasteiger partial charge in [-0.05, 0) is 111 Å². The van der Waals surface area contributed by atoms with Crippen molar-refractivity contribution in [3.05, 3.63) is 77.2 Å². The number of carbonyl (C=O) groups is 3. The van der Waals surface area contributed by atoms with Crippen LogP contribution in [0.4, 0.5) is 24.7 Å². The third kappa shape index (κ3) is 8.37. The van der Waals surface area contributed by atoms with Crippen molar-refractivity contribution in [3.63, 3.8) is 0 Å². The van der Waals surface area contributed by atoms with E-state index in [2.05, 4.69) is 46.3 Å². The van der Waals surface area contributed by atoms with Crippen molar-refractivity contribution < 1.29 is 37.4 Å². The number of phenolic OH excluding ortho intramolecular Hbond substituents is 1. The molecule has 1 saturated carbocycles. The van der Waals surface area contributed by atoms with Crippen LogP contribution >= 0.6 is 0 Å². The highest BCUT2D eigenvalue weighted by Gasteiger charge is 2.46. The average molecular weight is 945 g/mol. The Morgan fingerprint density at radius 2 is 1.59 bits per heavy atom. The number of aromatic nitrogens is 3. The van der Waals surface area contributed by atoms with Gasteiger partial charge in [-0.1, -0.05) is 6.07 Å². The van der Waals surface area contributed by atoms with Crippen LogP contribution in [-0.4, -0.2) is 143 Å². The molecule has 8 heterocycles. The maximum absolute atomic E-state index is 17.0. The molecule has 360 valence electrons. The highest BCUT2D eigenvalue weighted by Crippen LogP contribution is 2.47. The van der Waals surface area contributed by atoms with E-state index in [1.165, 1.54) is 24.4 Å². The summed E-state index contributed by atoms with van der Waals surface area (Å²) in [7, 11) is 0. The van der Waals surface area contributed by atoms with E-state index in [4.69, 9.17) is 9.72 Å². The van der Waals surface area contributed by atoms with Crippen molar-refractivity contribution in [3.8, 4) is 23.0 Å². The number of phenols is 1.